The van der Waals surface area contributed by atoms with Crippen LogP contribution < -0.4 is 0 Å². The fourth-order valence-corrected chi connectivity index (χ4v) is 3.32. The fraction of sp³-hybridized carbons (Fsp3) is 0.238. The standard InChI is InChI=1S/C21H22/c1-21(19-13-7-3-8-14-19,20-15-9-4-10-16-20)17-18-11-5-2-6-12-18/h2-11,13-16,18H,12,17H2,1H3. The van der Waals surface area contributed by atoms with Crippen LogP contribution in [0.5, 0.6) is 0 Å². The normalized spacial score (nSPS) is 17.9. The minimum atomic E-state index is 0.0582. The van der Waals surface area contributed by atoms with Crippen molar-refractivity contribution in [3.8, 4) is 0 Å². The maximum atomic E-state index is 2.38. The lowest BCUT2D eigenvalue weighted by Gasteiger charge is -2.34. The van der Waals surface area contributed by atoms with E-state index in [2.05, 4.69) is 91.9 Å². The molecule has 0 heteroatoms. The van der Waals surface area contributed by atoms with Gasteiger partial charge in [0.15, 0.2) is 0 Å². The SMILES string of the molecule is CC(CC1C=CC=CC1)(c1ccccc1)c1ccccc1. The van der Waals surface area contributed by atoms with Crippen LogP contribution in [0.2, 0.25) is 0 Å². The van der Waals surface area contributed by atoms with Gasteiger partial charge in [0.25, 0.3) is 0 Å². The maximum Gasteiger partial charge on any atom is 0.0180 e. The molecule has 1 aliphatic carbocycles. The van der Waals surface area contributed by atoms with E-state index in [4.69, 9.17) is 0 Å². The van der Waals surface area contributed by atoms with Crippen molar-refractivity contribution in [2.75, 3.05) is 0 Å². The molecule has 2 aromatic rings. The molecule has 3 rings (SSSR count). The third kappa shape index (κ3) is 3.00. The molecule has 1 atom stereocenters. The number of hydrogen-bond donors (Lipinski definition) is 0. The second-order valence-electron chi connectivity index (χ2n) is 6.08. The Morgan fingerprint density at radius 3 is 1.90 bits per heavy atom. The van der Waals surface area contributed by atoms with Crippen molar-refractivity contribution in [3.05, 3.63) is 96.1 Å². The van der Waals surface area contributed by atoms with E-state index in [1.165, 1.54) is 11.1 Å². The summed E-state index contributed by atoms with van der Waals surface area (Å²) in [5, 5.41) is 0. The highest BCUT2D eigenvalue weighted by Crippen LogP contribution is 2.39. The molecule has 1 unspecified atom stereocenters. The molecule has 1 aliphatic rings. The molecule has 106 valence electrons. The van der Waals surface area contributed by atoms with Crippen LogP contribution in [0.4, 0.5) is 0 Å². The molecule has 0 radical (unpaired) electrons. The minimum absolute atomic E-state index is 0.0582. The largest absolute Gasteiger partial charge is 0.0840 e. The number of allylic oxidation sites excluding steroid dienone is 4. The molecule has 0 saturated carbocycles. The van der Waals surface area contributed by atoms with E-state index >= 15 is 0 Å². The van der Waals surface area contributed by atoms with Crippen molar-refractivity contribution in [1.82, 2.24) is 0 Å². The van der Waals surface area contributed by atoms with Gasteiger partial charge in [-0.25, -0.2) is 0 Å². The van der Waals surface area contributed by atoms with Crippen molar-refractivity contribution < 1.29 is 0 Å². The molecule has 0 nitrogen and oxygen atoms in total. The monoisotopic (exact) mass is 274 g/mol. The van der Waals surface area contributed by atoms with Crippen molar-refractivity contribution in [2.24, 2.45) is 5.92 Å². The summed E-state index contributed by atoms with van der Waals surface area (Å²) >= 11 is 0. The fourth-order valence-electron chi connectivity index (χ4n) is 3.32. The second-order valence-corrected chi connectivity index (χ2v) is 6.08. The zero-order valence-electron chi connectivity index (χ0n) is 12.6. The van der Waals surface area contributed by atoms with Gasteiger partial charge in [0.2, 0.25) is 0 Å². The zero-order chi connectivity index (χ0) is 14.5. The molecule has 0 fully saturated rings. The van der Waals surface area contributed by atoms with Crippen LogP contribution in [0.1, 0.15) is 30.9 Å². The third-order valence-corrected chi connectivity index (χ3v) is 4.56. The predicted molar refractivity (Wildman–Crippen MR) is 90.3 cm³/mol. The lowest BCUT2D eigenvalue weighted by molar-refractivity contribution is 0.434. The van der Waals surface area contributed by atoms with E-state index in [0.29, 0.717) is 5.92 Å². The smallest absolute Gasteiger partial charge is 0.0180 e. The summed E-state index contributed by atoms with van der Waals surface area (Å²) in [6.07, 6.45) is 11.3. The Balaban J connectivity index is 1.98. The van der Waals surface area contributed by atoms with E-state index < -0.39 is 0 Å². The zero-order valence-corrected chi connectivity index (χ0v) is 12.6. The summed E-state index contributed by atoms with van der Waals surface area (Å²) < 4.78 is 0. The molecule has 0 heterocycles. The molecule has 0 N–H and O–H groups in total. The summed E-state index contributed by atoms with van der Waals surface area (Å²) in [4.78, 5) is 0. The van der Waals surface area contributed by atoms with Crippen molar-refractivity contribution in [3.63, 3.8) is 0 Å². The Bertz CT molecular complexity index is 580. The average molecular weight is 274 g/mol. The highest BCUT2D eigenvalue weighted by Gasteiger charge is 2.31. The van der Waals surface area contributed by atoms with E-state index in [1.807, 2.05) is 0 Å². The van der Waals surface area contributed by atoms with Crippen LogP contribution in [-0.4, -0.2) is 0 Å². The van der Waals surface area contributed by atoms with E-state index in [1.54, 1.807) is 0 Å². The summed E-state index contributed by atoms with van der Waals surface area (Å²) in [7, 11) is 0. The molecule has 0 amide bonds. The van der Waals surface area contributed by atoms with Crippen LogP contribution in [0.15, 0.2) is 85.0 Å². The molecule has 0 bridgehead atoms. The van der Waals surface area contributed by atoms with Gasteiger partial charge in [-0.15, -0.1) is 0 Å². The van der Waals surface area contributed by atoms with E-state index in [0.717, 1.165) is 12.8 Å². The first kappa shape index (κ1) is 13.9. The molecule has 21 heavy (non-hydrogen) atoms. The van der Waals surface area contributed by atoms with Gasteiger partial charge in [0.1, 0.15) is 0 Å². The summed E-state index contributed by atoms with van der Waals surface area (Å²) in [6.45, 7) is 2.38. The molecule has 0 aliphatic heterocycles. The first-order valence-corrected chi connectivity index (χ1v) is 7.73. The lowest BCUT2D eigenvalue weighted by Crippen LogP contribution is -2.26. The van der Waals surface area contributed by atoms with Gasteiger partial charge < -0.3 is 0 Å². The minimum Gasteiger partial charge on any atom is -0.0840 e. The molecule has 0 saturated heterocycles. The Morgan fingerprint density at radius 2 is 1.43 bits per heavy atom. The molecular formula is C21H22. The van der Waals surface area contributed by atoms with Gasteiger partial charge in [0, 0.05) is 5.41 Å². The van der Waals surface area contributed by atoms with Gasteiger partial charge in [-0.05, 0) is 29.9 Å². The molecule has 0 spiro atoms. The molecule has 2 aromatic carbocycles. The molecule has 0 aromatic heterocycles. The van der Waals surface area contributed by atoms with Crippen molar-refractivity contribution in [1.29, 1.82) is 0 Å². The quantitative estimate of drug-likeness (QED) is 0.689. The predicted octanol–water partition coefficient (Wildman–Crippen LogP) is 5.52. The Hall–Kier alpha value is -2.08. The average Bonchev–Trinajstić information content (AvgIpc) is 2.57. The summed E-state index contributed by atoms with van der Waals surface area (Å²) in [6, 6.07) is 21.8. The van der Waals surface area contributed by atoms with Gasteiger partial charge in [-0.3, -0.25) is 0 Å². The number of rotatable bonds is 4. The lowest BCUT2D eigenvalue weighted by atomic mass is 9.69. The maximum absolute atomic E-state index is 2.38. The Labute approximate surface area is 127 Å². The van der Waals surface area contributed by atoms with Gasteiger partial charge >= 0.3 is 0 Å². The first-order chi connectivity index (χ1) is 10.3. The number of hydrogen-bond acceptors (Lipinski definition) is 0. The number of benzene rings is 2. The summed E-state index contributed by atoms with van der Waals surface area (Å²) in [5.74, 6) is 0.611. The van der Waals surface area contributed by atoms with Crippen LogP contribution in [0.3, 0.4) is 0 Å². The van der Waals surface area contributed by atoms with Gasteiger partial charge in [0.05, 0.1) is 0 Å². The van der Waals surface area contributed by atoms with Crippen LogP contribution >= 0.6 is 0 Å². The Morgan fingerprint density at radius 1 is 0.857 bits per heavy atom. The van der Waals surface area contributed by atoms with E-state index in [-0.39, 0.29) is 5.41 Å². The molecular weight excluding hydrogens is 252 g/mol. The van der Waals surface area contributed by atoms with E-state index in [9.17, 15) is 0 Å². The van der Waals surface area contributed by atoms with Crippen LogP contribution in [-0.2, 0) is 5.41 Å². The van der Waals surface area contributed by atoms with Crippen molar-refractivity contribution in [2.45, 2.75) is 25.2 Å². The first-order valence-electron chi connectivity index (χ1n) is 7.73. The van der Waals surface area contributed by atoms with Gasteiger partial charge in [-0.2, -0.15) is 0 Å². The van der Waals surface area contributed by atoms with Crippen molar-refractivity contribution >= 4 is 0 Å². The van der Waals surface area contributed by atoms with Crippen LogP contribution in [0.25, 0.3) is 0 Å². The highest BCUT2D eigenvalue weighted by atomic mass is 14.3. The third-order valence-electron chi connectivity index (χ3n) is 4.56. The van der Waals surface area contributed by atoms with Gasteiger partial charge in [-0.1, -0.05) is 91.9 Å². The highest BCUT2D eigenvalue weighted by molar-refractivity contribution is 5.38. The Kier molecular flexibility index (Phi) is 4.06. The van der Waals surface area contributed by atoms with Crippen LogP contribution in [0, 0.1) is 5.92 Å². The second kappa shape index (κ2) is 6.13. The topological polar surface area (TPSA) is 0 Å². The summed E-state index contributed by atoms with van der Waals surface area (Å²) in [5.41, 5.74) is 2.86.